The monoisotopic (exact) mass is 467 g/mol. The van der Waals surface area contributed by atoms with Gasteiger partial charge in [0.2, 0.25) is 0 Å². The van der Waals surface area contributed by atoms with Crippen molar-refractivity contribution in [3.8, 4) is 11.7 Å². The van der Waals surface area contributed by atoms with Crippen molar-refractivity contribution in [1.82, 2.24) is 29.6 Å². The highest BCUT2D eigenvalue weighted by Gasteiger charge is 2.13. The van der Waals surface area contributed by atoms with Crippen molar-refractivity contribution in [3.05, 3.63) is 63.3 Å². The Bertz CT molecular complexity index is 1430. The third-order valence-corrected chi connectivity index (χ3v) is 5.30. The molecule has 3 heterocycles. The van der Waals surface area contributed by atoms with E-state index in [0.717, 1.165) is 16.8 Å². The second-order valence-corrected chi connectivity index (χ2v) is 7.85. The standard InChI is InChI=1S/C22H22ClN7O3/c1-12-7-13(2)30(28-12)22-25-10-16(23)20(27-22)26-15-5-6-17-14(8-15)9-18(21(32)29(17)4)33-11-19(31)24-3/h5-10H,11H2,1-4H3,(H,24,31)(H,25,26,27). The molecule has 10 nitrogen and oxygen atoms in total. The Morgan fingerprint density at radius 2 is 2.00 bits per heavy atom. The molecule has 0 radical (unpaired) electrons. The van der Waals surface area contributed by atoms with Crippen LogP contribution < -0.4 is 20.9 Å². The van der Waals surface area contributed by atoms with Gasteiger partial charge in [0.15, 0.2) is 18.2 Å². The van der Waals surface area contributed by atoms with Crippen LogP contribution in [0.2, 0.25) is 5.02 Å². The fourth-order valence-electron chi connectivity index (χ4n) is 3.37. The maximum absolute atomic E-state index is 12.6. The fraction of sp³-hybridized carbons (Fsp3) is 0.227. The quantitative estimate of drug-likeness (QED) is 0.447. The molecule has 11 heteroatoms. The van der Waals surface area contributed by atoms with E-state index in [0.29, 0.717) is 28.0 Å². The Morgan fingerprint density at radius 3 is 2.70 bits per heavy atom. The average molecular weight is 468 g/mol. The van der Waals surface area contributed by atoms with E-state index >= 15 is 0 Å². The zero-order chi connectivity index (χ0) is 23.7. The van der Waals surface area contributed by atoms with Crippen molar-refractivity contribution < 1.29 is 9.53 Å². The Labute approximate surface area is 194 Å². The van der Waals surface area contributed by atoms with Crippen LogP contribution in [0.15, 0.2) is 41.3 Å². The molecule has 0 bridgehead atoms. The van der Waals surface area contributed by atoms with Gasteiger partial charge in [0, 0.05) is 30.9 Å². The molecule has 0 aliphatic rings. The van der Waals surface area contributed by atoms with E-state index in [1.54, 1.807) is 23.9 Å². The number of rotatable bonds is 6. The number of benzene rings is 1. The lowest BCUT2D eigenvalue weighted by Gasteiger charge is -2.13. The van der Waals surface area contributed by atoms with Gasteiger partial charge in [-0.1, -0.05) is 11.6 Å². The second kappa shape index (κ2) is 8.91. The van der Waals surface area contributed by atoms with Crippen molar-refractivity contribution in [2.24, 2.45) is 7.05 Å². The lowest BCUT2D eigenvalue weighted by molar-refractivity contribution is -0.122. The summed E-state index contributed by atoms with van der Waals surface area (Å²) in [4.78, 5) is 32.9. The average Bonchev–Trinajstić information content (AvgIpc) is 3.14. The van der Waals surface area contributed by atoms with E-state index in [-0.39, 0.29) is 23.8 Å². The SMILES string of the molecule is CNC(=O)COc1cc2cc(Nc3nc(-n4nc(C)cc4C)ncc3Cl)ccc2n(C)c1=O. The Balaban J connectivity index is 1.68. The van der Waals surface area contributed by atoms with Crippen molar-refractivity contribution in [2.75, 3.05) is 19.0 Å². The van der Waals surface area contributed by atoms with Crippen molar-refractivity contribution >= 4 is 39.9 Å². The van der Waals surface area contributed by atoms with Gasteiger partial charge in [-0.05, 0) is 44.2 Å². The summed E-state index contributed by atoms with van der Waals surface area (Å²) in [6.07, 6.45) is 1.51. The highest BCUT2D eigenvalue weighted by Crippen LogP contribution is 2.27. The minimum atomic E-state index is -0.333. The second-order valence-electron chi connectivity index (χ2n) is 7.44. The van der Waals surface area contributed by atoms with Crippen molar-refractivity contribution in [2.45, 2.75) is 13.8 Å². The van der Waals surface area contributed by atoms with Crippen LogP contribution in [0.3, 0.4) is 0 Å². The molecular formula is C22H22ClN7O3. The molecule has 4 aromatic rings. The zero-order valence-corrected chi connectivity index (χ0v) is 19.3. The molecule has 3 aromatic heterocycles. The van der Waals surface area contributed by atoms with Crippen LogP contribution in [0.1, 0.15) is 11.4 Å². The number of hydrogen-bond donors (Lipinski definition) is 2. The van der Waals surface area contributed by atoms with Gasteiger partial charge in [-0.2, -0.15) is 10.1 Å². The number of anilines is 2. The summed E-state index contributed by atoms with van der Waals surface area (Å²) >= 11 is 6.33. The van der Waals surface area contributed by atoms with E-state index in [2.05, 4.69) is 25.7 Å². The van der Waals surface area contributed by atoms with Crippen molar-refractivity contribution in [1.29, 1.82) is 0 Å². The van der Waals surface area contributed by atoms with Gasteiger partial charge in [0.05, 0.1) is 17.4 Å². The third-order valence-electron chi connectivity index (χ3n) is 5.02. The lowest BCUT2D eigenvalue weighted by atomic mass is 10.2. The largest absolute Gasteiger partial charge is 0.478 e. The molecule has 4 rings (SSSR count). The Morgan fingerprint density at radius 1 is 1.21 bits per heavy atom. The maximum Gasteiger partial charge on any atom is 0.293 e. The number of fused-ring (bicyclic) bond motifs is 1. The van der Waals surface area contributed by atoms with E-state index < -0.39 is 0 Å². The molecule has 0 aliphatic heterocycles. The summed E-state index contributed by atoms with van der Waals surface area (Å²) in [6, 6.07) is 8.99. The van der Waals surface area contributed by atoms with Gasteiger partial charge in [-0.15, -0.1) is 0 Å². The van der Waals surface area contributed by atoms with Crippen LogP contribution >= 0.6 is 11.6 Å². The molecule has 33 heavy (non-hydrogen) atoms. The number of hydrogen-bond acceptors (Lipinski definition) is 7. The summed E-state index contributed by atoms with van der Waals surface area (Å²) in [5.74, 6) is 0.553. The number of carbonyl (C=O) groups excluding carboxylic acids is 1. The van der Waals surface area contributed by atoms with E-state index in [1.807, 2.05) is 32.0 Å². The topological polar surface area (TPSA) is 116 Å². The minimum Gasteiger partial charge on any atom is -0.478 e. The number of halogens is 1. The van der Waals surface area contributed by atoms with Gasteiger partial charge in [-0.3, -0.25) is 9.59 Å². The molecule has 170 valence electrons. The van der Waals surface area contributed by atoms with Gasteiger partial charge in [-0.25, -0.2) is 9.67 Å². The summed E-state index contributed by atoms with van der Waals surface area (Å²) in [5.41, 5.74) is 2.82. The van der Waals surface area contributed by atoms with E-state index in [4.69, 9.17) is 16.3 Å². The summed E-state index contributed by atoms with van der Waals surface area (Å²) in [5, 5.41) is 11.1. The number of amides is 1. The molecular weight excluding hydrogens is 446 g/mol. The molecule has 0 saturated carbocycles. The number of aromatic nitrogens is 5. The smallest absolute Gasteiger partial charge is 0.293 e. The first-order chi connectivity index (χ1) is 15.8. The van der Waals surface area contributed by atoms with Crippen LogP contribution in [-0.2, 0) is 11.8 Å². The minimum absolute atomic E-state index is 0.0811. The van der Waals surface area contributed by atoms with Crippen LogP contribution in [0.4, 0.5) is 11.5 Å². The molecule has 1 aromatic carbocycles. The lowest BCUT2D eigenvalue weighted by Crippen LogP contribution is -2.27. The number of likely N-dealkylation sites (N-methyl/N-ethyl adjacent to an activating group) is 1. The zero-order valence-electron chi connectivity index (χ0n) is 18.5. The van der Waals surface area contributed by atoms with Crippen molar-refractivity contribution in [3.63, 3.8) is 0 Å². The summed E-state index contributed by atoms with van der Waals surface area (Å²) in [7, 11) is 3.15. The maximum atomic E-state index is 12.6. The predicted molar refractivity (Wildman–Crippen MR) is 126 cm³/mol. The van der Waals surface area contributed by atoms with Gasteiger partial charge in [0.25, 0.3) is 17.4 Å². The first kappa shape index (κ1) is 22.3. The first-order valence-corrected chi connectivity index (χ1v) is 10.4. The molecule has 0 spiro atoms. The Kier molecular flexibility index (Phi) is 6.01. The van der Waals surface area contributed by atoms with Crippen LogP contribution in [-0.4, -0.2) is 43.9 Å². The van der Waals surface area contributed by atoms with Gasteiger partial charge in [0.1, 0.15) is 5.02 Å². The highest BCUT2D eigenvalue weighted by atomic mass is 35.5. The molecule has 0 saturated heterocycles. The number of nitrogens with zero attached hydrogens (tertiary/aromatic N) is 5. The third kappa shape index (κ3) is 4.51. The molecule has 0 aliphatic carbocycles. The first-order valence-electron chi connectivity index (χ1n) is 10.1. The highest BCUT2D eigenvalue weighted by molar-refractivity contribution is 6.32. The molecule has 1 amide bonds. The normalized spacial score (nSPS) is 10.9. The van der Waals surface area contributed by atoms with Crippen LogP contribution in [0.25, 0.3) is 16.9 Å². The number of ether oxygens (including phenoxy) is 1. The summed E-state index contributed by atoms with van der Waals surface area (Å²) < 4.78 is 8.53. The van der Waals surface area contributed by atoms with Gasteiger partial charge >= 0.3 is 0 Å². The van der Waals surface area contributed by atoms with Crippen LogP contribution in [0.5, 0.6) is 5.75 Å². The molecule has 0 fully saturated rings. The number of pyridine rings is 1. The van der Waals surface area contributed by atoms with E-state index in [9.17, 15) is 9.59 Å². The van der Waals surface area contributed by atoms with Gasteiger partial charge < -0.3 is 19.9 Å². The van der Waals surface area contributed by atoms with Crippen LogP contribution in [0, 0.1) is 13.8 Å². The number of carbonyl (C=O) groups is 1. The molecule has 0 atom stereocenters. The molecule has 2 N–H and O–H groups in total. The fourth-order valence-corrected chi connectivity index (χ4v) is 3.50. The predicted octanol–water partition coefficient (Wildman–Crippen LogP) is 2.65. The molecule has 0 unspecified atom stereocenters. The number of nitrogens with one attached hydrogen (secondary N) is 2. The number of aryl methyl sites for hydroxylation is 3. The summed E-state index contributed by atoms with van der Waals surface area (Å²) in [6.45, 7) is 3.57. The Hall–Kier alpha value is -3.92. The van der Waals surface area contributed by atoms with E-state index in [1.165, 1.54) is 17.8 Å².